The van der Waals surface area contributed by atoms with Crippen LogP contribution in [0.2, 0.25) is 0 Å². The molecule has 0 radical (unpaired) electrons. The van der Waals surface area contributed by atoms with Crippen LogP contribution in [0.3, 0.4) is 0 Å². The zero-order valence-corrected chi connectivity index (χ0v) is 11.4. The van der Waals surface area contributed by atoms with Gasteiger partial charge in [0.05, 0.1) is 30.8 Å². The van der Waals surface area contributed by atoms with Gasteiger partial charge in [-0.25, -0.2) is 0 Å². The number of nitrogens with zero attached hydrogens (tertiary/aromatic N) is 1. The van der Waals surface area contributed by atoms with Crippen LogP contribution in [0.15, 0.2) is 0 Å². The fraction of sp³-hybridized carbons (Fsp3) is 0.929. The van der Waals surface area contributed by atoms with Gasteiger partial charge >= 0.3 is 0 Å². The molecule has 1 saturated heterocycles. The van der Waals surface area contributed by atoms with Crippen molar-refractivity contribution in [2.24, 2.45) is 5.41 Å². The van der Waals surface area contributed by atoms with E-state index in [2.05, 4.69) is 6.07 Å². The van der Waals surface area contributed by atoms with E-state index in [1.165, 1.54) is 0 Å². The van der Waals surface area contributed by atoms with E-state index in [9.17, 15) is 0 Å². The molecule has 0 aromatic rings. The summed E-state index contributed by atoms with van der Waals surface area (Å²) in [5, 5.41) is 8.93. The molecule has 0 atom stereocenters. The van der Waals surface area contributed by atoms with Crippen molar-refractivity contribution in [1.82, 2.24) is 0 Å². The highest BCUT2D eigenvalue weighted by Crippen LogP contribution is 2.36. The van der Waals surface area contributed by atoms with E-state index >= 15 is 0 Å². The first-order valence-corrected chi connectivity index (χ1v) is 6.86. The highest BCUT2D eigenvalue weighted by atomic mass is 16.7. The Morgan fingerprint density at radius 1 is 1.28 bits per heavy atom. The summed E-state index contributed by atoms with van der Waals surface area (Å²) < 4.78 is 17.2. The van der Waals surface area contributed by atoms with Crippen LogP contribution in [-0.2, 0) is 14.2 Å². The van der Waals surface area contributed by atoms with Crippen molar-refractivity contribution in [3.05, 3.63) is 0 Å². The zero-order chi connectivity index (χ0) is 13.1. The maximum Gasteiger partial charge on any atom is 0.168 e. The van der Waals surface area contributed by atoms with Crippen LogP contribution in [0.4, 0.5) is 0 Å². The van der Waals surface area contributed by atoms with Crippen LogP contribution in [0.1, 0.15) is 46.0 Å². The van der Waals surface area contributed by atoms with Gasteiger partial charge in [-0.2, -0.15) is 5.26 Å². The molecular formula is C14H23NO3. The molecule has 1 aliphatic heterocycles. The van der Waals surface area contributed by atoms with Gasteiger partial charge in [0.2, 0.25) is 0 Å². The summed E-state index contributed by atoms with van der Waals surface area (Å²) in [4.78, 5) is 0. The Hall–Kier alpha value is -0.630. The lowest BCUT2D eigenvalue weighted by atomic mass is 9.90. The summed E-state index contributed by atoms with van der Waals surface area (Å²) in [7, 11) is 0. The predicted molar refractivity (Wildman–Crippen MR) is 66.9 cm³/mol. The molecule has 0 aromatic heterocycles. The molecule has 0 bridgehead atoms. The highest BCUT2D eigenvalue weighted by molar-refractivity contribution is 4.91. The summed E-state index contributed by atoms with van der Waals surface area (Å²) in [5.74, 6) is -0.300. The lowest BCUT2D eigenvalue weighted by Gasteiger charge is -2.35. The Labute approximate surface area is 109 Å². The van der Waals surface area contributed by atoms with E-state index in [-0.39, 0.29) is 11.2 Å². The number of hydrogen-bond donors (Lipinski definition) is 0. The maximum atomic E-state index is 8.93. The lowest BCUT2D eigenvalue weighted by molar-refractivity contribution is -0.192. The fourth-order valence-electron chi connectivity index (χ4n) is 2.52. The van der Waals surface area contributed by atoms with Crippen LogP contribution < -0.4 is 0 Å². The zero-order valence-electron chi connectivity index (χ0n) is 11.4. The molecule has 0 amide bonds. The van der Waals surface area contributed by atoms with Crippen LogP contribution in [0, 0.1) is 16.7 Å². The standard InChI is InChI=1S/C14H23NO3/c1-13(2,11-15)7-8-16-12-3-5-14(6-4-12)17-9-10-18-14/h12H,3-10H2,1-2H3. The van der Waals surface area contributed by atoms with Crippen LogP contribution >= 0.6 is 0 Å². The number of nitriles is 1. The Bertz CT molecular complexity index is 305. The molecule has 1 aliphatic carbocycles. The molecule has 2 aliphatic rings. The Balaban J connectivity index is 1.66. The van der Waals surface area contributed by atoms with E-state index < -0.39 is 0 Å². The molecule has 1 heterocycles. The van der Waals surface area contributed by atoms with Crippen molar-refractivity contribution in [2.75, 3.05) is 19.8 Å². The van der Waals surface area contributed by atoms with Crippen molar-refractivity contribution in [1.29, 1.82) is 5.26 Å². The molecule has 2 fully saturated rings. The topological polar surface area (TPSA) is 51.5 Å². The van der Waals surface area contributed by atoms with Crippen molar-refractivity contribution < 1.29 is 14.2 Å². The summed E-state index contributed by atoms with van der Waals surface area (Å²) in [6.07, 6.45) is 4.94. The van der Waals surface area contributed by atoms with Gasteiger partial charge in [0.1, 0.15) is 0 Å². The van der Waals surface area contributed by atoms with Crippen molar-refractivity contribution in [3.8, 4) is 6.07 Å². The summed E-state index contributed by atoms with van der Waals surface area (Å²) in [5.41, 5.74) is -0.284. The van der Waals surface area contributed by atoms with Crippen LogP contribution in [-0.4, -0.2) is 31.7 Å². The number of ether oxygens (including phenoxy) is 3. The van der Waals surface area contributed by atoms with E-state index in [0.717, 1.165) is 45.3 Å². The third-order valence-corrected chi connectivity index (χ3v) is 3.89. The third-order valence-electron chi connectivity index (χ3n) is 3.89. The van der Waals surface area contributed by atoms with Crippen molar-refractivity contribution in [3.63, 3.8) is 0 Å². The molecule has 18 heavy (non-hydrogen) atoms. The Morgan fingerprint density at radius 2 is 1.89 bits per heavy atom. The quantitative estimate of drug-likeness (QED) is 0.773. The van der Waals surface area contributed by atoms with Crippen molar-refractivity contribution in [2.45, 2.75) is 57.8 Å². The van der Waals surface area contributed by atoms with Crippen LogP contribution in [0.25, 0.3) is 0 Å². The van der Waals surface area contributed by atoms with Gasteiger partial charge < -0.3 is 14.2 Å². The van der Waals surface area contributed by atoms with E-state index in [4.69, 9.17) is 19.5 Å². The molecule has 4 heteroatoms. The first-order chi connectivity index (χ1) is 8.55. The summed E-state index contributed by atoms with van der Waals surface area (Å²) >= 11 is 0. The monoisotopic (exact) mass is 253 g/mol. The molecule has 0 N–H and O–H groups in total. The first-order valence-electron chi connectivity index (χ1n) is 6.86. The normalized spacial score (nSPS) is 24.3. The number of hydrogen-bond acceptors (Lipinski definition) is 4. The second kappa shape index (κ2) is 5.56. The van der Waals surface area contributed by atoms with Gasteiger partial charge in [-0.1, -0.05) is 0 Å². The minimum absolute atomic E-state index is 0.284. The second-order valence-electron chi connectivity index (χ2n) is 5.92. The average Bonchev–Trinajstić information content (AvgIpc) is 2.81. The molecule has 1 saturated carbocycles. The molecule has 1 spiro atoms. The highest BCUT2D eigenvalue weighted by Gasteiger charge is 2.40. The minimum atomic E-state index is -0.300. The van der Waals surface area contributed by atoms with Gasteiger partial charge in [-0.15, -0.1) is 0 Å². The first kappa shape index (κ1) is 13.8. The average molecular weight is 253 g/mol. The molecular weight excluding hydrogens is 230 g/mol. The predicted octanol–water partition coefficient (Wildman–Crippen LogP) is 2.63. The van der Waals surface area contributed by atoms with E-state index in [1.54, 1.807) is 0 Å². The second-order valence-corrected chi connectivity index (χ2v) is 5.92. The van der Waals surface area contributed by atoms with Gasteiger partial charge in [0, 0.05) is 19.4 Å². The van der Waals surface area contributed by atoms with Gasteiger partial charge in [-0.3, -0.25) is 0 Å². The fourth-order valence-corrected chi connectivity index (χ4v) is 2.52. The van der Waals surface area contributed by atoms with Gasteiger partial charge in [-0.05, 0) is 33.1 Å². The van der Waals surface area contributed by atoms with Crippen molar-refractivity contribution >= 4 is 0 Å². The summed E-state index contributed by atoms with van der Waals surface area (Å²) in [6.45, 7) is 6.02. The van der Waals surface area contributed by atoms with E-state index in [0.29, 0.717) is 12.7 Å². The van der Waals surface area contributed by atoms with Gasteiger partial charge in [0.15, 0.2) is 5.79 Å². The van der Waals surface area contributed by atoms with Gasteiger partial charge in [0.25, 0.3) is 0 Å². The summed E-state index contributed by atoms with van der Waals surface area (Å²) in [6, 6.07) is 2.30. The maximum absolute atomic E-state index is 8.93. The third kappa shape index (κ3) is 3.44. The molecule has 102 valence electrons. The smallest absolute Gasteiger partial charge is 0.168 e. The lowest BCUT2D eigenvalue weighted by Crippen LogP contribution is -2.37. The SMILES string of the molecule is CC(C)(C#N)CCOC1CCC2(CC1)OCCO2. The van der Waals surface area contributed by atoms with Crippen LogP contribution in [0.5, 0.6) is 0 Å². The largest absolute Gasteiger partial charge is 0.378 e. The molecule has 0 unspecified atom stereocenters. The number of rotatable bonds is 4. The molecule has 0 aromatic carbocycles. The Kier molecular flexibility index (Phi) is 4.26. The molecule has 4 nitrogen and oxygen atoms in total. The molecule has 2 rings (SSSR count). The van der Waals surface area contributed by atoms with E-state index in [1.807, 2.05) is 13.8 Å². The Morgan fingerprint density at radius 3 is 2.44 bits per heavy atom. The minimum Gasteiger partial charge on any atom is -0.378 e.